The Balaban J connectivity index is 1.38. The Hall–Kier alpha value is -3.10. The number of piperidine rings is 1. The Morgan fingerprint density at radius 1 is 1.10 bits per heavy atom. The van der Waals surface area contributed by atoms with Gasteiger partial charge in [-0.25, -0.2) is 4.79 Å². The minimum Gasteiger partial charge on any atom is -0.442 e. The first-order chi connectivity index (χ1) is 14.3. The van der Waals surface area contributed by atoms with E-state index in [1.54, 1.807) is 4.90 Å². The summed E-state index contributed by atoms with van der Waals surface area (Å²) in [6.07, 6.45) is 0.252. The van der Waals surface area contributed by atoms with Crippen LogP contribution in [-0.2, 0) is 24.5 Å². The third kappa shape index (κ3) is 3.83. The maximum atomic E-state index is 12.3. The van der Waals surface area contributed by atoms with E-state index < -0.39 is 6.09 Å². The highest BCUT2D eigenvalue weighted by Crippen LogP contribution is 2.59. The van der Waals surface area contributed by atoms with E-state index in [-0.39, 0.29) is 35.8 Å². The molecule has 4 amide bonds. The van der Waals surface area contributed by atoms with Crippen molar-refractivity contribution in [1.82, 2.24) is 15.5 Å². The van der Waals surface area contributed by atoms with Crippen LogP contribution in [0.3, 0.4) is 0 Å². The fraction of sp³-hybridized carbons (Fsp3) is 0.524. The van der Waals surface area contributed by atoms with E-state index in [1.165, 1.54) is 13.8 Å². The summed E-state index contributed by atoms with van der Waals surface area (Å²) >= 11 is 0. The van der Waals surface area contributed by atoms with E-state index in [4.69, 9.17) is 4.74 Å². The molecular weight excluding hydrogens is 388 g/mol. The second-order valence-corrected chi connectivity index (χ2v) is 8.34. The molecule has 1 aromatic carbocycles. The predicted octanol–water partition coefficient (Wildman–Crippen LogP) is 0.384. The number of rotatable bonds is 6. The molecule has 0 radical (unpaired) electrons. The summed E-state index contributed by atoms with van der Waals surface area (Å²) in [6.45, 7) is 4.91. The highest BCUT2D eigenvalue weighted by molar-refractivity contribution is 5.90. The lowest BCUT2D eigenvalue weighted by molar-refractivity contribution is -0.132. The predicted molar refractivity (Wildman–Crippen MR) is 108 cm³/mol. The van der Waals surface area contributed by atoms with Crippen molar-refractivity contribution in [2.45, 2.75) is 31.8 Å². The standard InChI is InChI=1S/C21H26N4O5/c1-13(26)22-8-18-11-25(20(29)30-18)17-5-3-15(4-6-17)21-7-16(21)10-24(12-21)19(28)9-23-14(2)27/h3-6,16,18H,7-12H2,1-2H3,(H,22,26)(H,23,27)/t16?,18-,21?/m0/s1. The molecule has 1 aromatic rings. The largest absolute Gasteiger partial charge is 0.442 e. The summed E-state index contributed by atoms with van der Waals surface area (Å²) in [4.78, 5) is 50.0. The Kier molecular flexibility index (Phi) is 5.13. The molecule has 0 spiro atoms. The number of carbonyl (C=O) groups excluding carboxylic acids is 4. The minimum atomic E-state index is -0.420. The van der Waals surface area contributed by atoms with Gasteiger partial charge in [0.05, 0.1) is 19.6 Å². The lowest BCUT2D eigenvalue weighted by Gasteiger charge is -2.22. The Morgan fingerprint density at radius 2 is 1.80 bits per heavy atom. The SMILES string of the molecule is CC(=O)NCC(=O)N1CC2CC2(c2ccc(N3C[C@H](CNC(C)=O)OC3=O)cc2)C1. The molecule has 1 saturated carbocycles. The third-order valence-corrected chi connectivity index (χ3v) is 6.19. The van der Waals surface area contributed by atoms with E-state index in [9.17, 15) is 19.2 Å². The summed E-state index contributed by atoms with van der Waals surface area (Å²) < 4.78 is 5.32. The maximum Gasteiger partial charge on any atom is 0.414 e. The van der Waals surface area contributed by atoms with Gasteiger partial charge < -0.3 is 20.3 Å². The van der Waals surface area contributed by atoms with E-state index in [1.807, 2.05) is 29.2 Å². The van der Waals surface area contributed by atoms with Gasteiger partial charge in [-0.15, -0.1) is 0 Å². The Morgan fingerprint density at radius 3 is 2.47 bits per heavy atom. The van der Waals surface area contributed by atoms with Gasteiger partial charge in [-0.3, -0.25) is 19.3 Å². The number of amides is 4. The fourth-order valence-corrected chi connectivity index (χ4v) is 4.50. The van der Waals surface area contributed by atoms with Crippen LogP contribution in [0.1, 0.15) is 25.8 Å². The number of cyclic esters (lactones) is 1. The molecule has 2 heterocycles. The van der Waals surface area contributed by atoms with Gasteiger partial charge in [0, 0.05) is 38.0 Å². The molecule has 3 fully saturated rings. The normalized spacial score (nSPS) is 26.8. The molecule has 0 aromatic heterocycles. The van der Waals surface area contributed by atoms with Crippen LogP contribution in [0.2, 0.25) is 0 Å². The quantitative estimate of drug-likeness (QED) is 0.700. The van der Waals surface area contributed by atoms with E-state index >= 15 is 0 Å². The van der Waals surface area contributed by atoms with Crippen molar-refractivity contribution in [1.29, 1.82) is 0 Å². The first kappa shape index (κ1) is 20.2. The van der Waals surface area contributed by atoms with Gasteiger partial charge in [-0.05, 0) is 30.0 Å². The van der Waals surface area contributed by atoms with Crippen LogP contribution in [0, 0.1) is 5.92 Å². The summed E-state index contributed by atoms with van der Waals surface area (Å²) in [5, 5.41) is 5.23. The topological polar surface area (TPSA) is 108 Å². The van der Waals surface area contributed by atoms with Crippen molar-refractivity contribution in [2.75, 3.05) is 37.6 Å². The number of fused-ring (bicyclic) bond motifs is 1. The van der Waals surface area contributed by atoms with Crippen LogP contribution in [-0.4, -0.2) is 67.5 Å². The molecular formula is C21H26N4O5. The number of hydrogen-bond donors (Lipinski definition) is 2. The molecule has 160 valence electrons. The van der Waals surface area contributed by atoms with Gasteiger partial charge >= 0.3 is 6.09 Å². The molecule has 30 heavy (non-hydrogen) atoms. The van der Waals surface area contributed by atoms with Gasteiger partial charge in [-0.1, -0.05) is 12.1 Å². The van der Waals surface area contributed by atoms with E-state index in [0.717, 1.165) is 17.7 Å². The smallest absolute Gasteiger partial charge is 0.414 e. The highest BCUT2D eigenvalue weighted by atomic mass is 16.6. The molecule has 2 aliphatic heterocycles. The first-order valence-electron chi connectivity index (χ1n) is 10.1. The summed E-state index contributed by atoms with van der Waals surface area (Å²) in [5.41, 5.74) is 1.89. The number of ether oxygens (including phenoxy) is 1. The van der Waals surface area contributed by atoms with E-state index in [0.29, 0.717) is 32.1 Å². The van der Waals surface area contributed by atoms with Crippen molar-refractivity contribution in [3.63, 3.8) is 0 Å². The summed E-state index contributed by atoms with van der Waals surface area (Å²) in [6, 6.07) is 7.85. The third-order valence-electron chi connectivity index (χ3n) is 6.19. The Bertz CT molecular complexity index is 886. The van der Waals surface area contributed by atoms with Crippen LogP contribution in [0.4, 0.5) is 10.5 Å². The molecule has 3 aliphatic rings. The second-order valence-electron chi connectivity index (χ2n) is 8.34. The number of hydrogen-bond acceptors (Lipinski definition) is 5. The molecule has 2 N–H and O–H groups in total. The van der Waals surface area contributed by atoms with Crippen LogP contribution >= 0.6 is 0 Å². The number of anilines is 1. The highest BCUT2D eigenvalue weighted by Gasteiger charge is 2.61. The molecule has 2 unspecified atom stereocenters. The lowest BCUT2D eigenvalue weighted by atomic mass is 9.94. The molecule has 3 atom stereocenters. The second kappa shape index (κ2) is 7.62. The van der Waals surface area contributed by atoms with Gasteiger partial charge in [0.25, 0.3) is 0 Å². The molecule has 1 aliphatic carbocycles. The van der Waals surface area contributed by atoms with E-state index in [2.05, 4.69) is 10.6 Å². The average Bonchev–Trinajstić information content (AvgIpc) is 3.07. The zero-order chi connectivity index (χ0) is 21.5. The molecule has 9 nitrogen and oxygen atoms in total. The Labute approximate surface area is 174 Å². The van der Waals surface area contributed by atoms with Crippen molar-refractivity contribution < 1.29 is 23.9 Å². The van der Waals surface area contributed by atoms with Crippen molar-refractivity contribution in [3.8, 4) is 0 Å². The van der Waals surface area contributed by atoms with Gasteiger partial charge in [0.15, 0.2) is 0 Å². The number of nitrogens with one attached hydrogen (secondary N) is 2. The number of carbonyl (C=O) groups is 4. The number of likely N-dealkylation sites (tertiary alicyclic amines) is 1. The monoisotopic (exact) mass is 414 g/mol. The van der Waals surface area contributed by atoms with Gasteiger partial charge in [-0.2, -0.15) is 0 Å². The number of benzene rings is 1. The van der Waals surface area contributed by atoms with Crippen LogP contribution in [0.15, 0.2) is 24.3 Å². The van der Waals surface area contributed by atoms with Crippen LogP contribution in [0.5, 0.6) is 0 Å². The summed E-state index contributed by atoms with van der Waals surface area (Å²) in [7, 11) is 0. The van der Waals surface area contributed by atoms with Crippen molar-refractivity contribution in [3.05, 3.63) is 29.8 Å². The van der Waals surface area contributed by atoms with Crippen molar-refractivity contribution in [2.24, 2.45) is 5.92 Å². The van der Waals surface area contributed by atoms with Crippen molar-refractivity contribution >= 4 is 29.5 Å². The zero-order valence-electron chi connectivity index (χ0n) is 17.1. The lowest BCUT2D eigenvalue weighted by Crippen LogP contribution is -2.40. The van der Waals surface area contributed by atoms with Gasteiger partial charge in [0.2, 0.25) is 17.7 Å². The molecule has 9 heteroatoms. The zero-order valence-corrected chi connectivity index (χ0v) is 17.1. The van der Waals surface area contributed by atoms with Crippen LogP contribution < -0.4 is 15.5 Å². The summed E-state index contributed by atoms with van der Waals surface area (Å²) in [5.74, 6) is 0.00727. The average molecular weight is 414 g/mol. The molecule has 4 rings (SSSR count). The maximum absolute atomic E-state index is 12.3. The molecule has 0 bridgehead atoms. The molecule has 2 saturated heterocycles. The van der Waals surface area contributed by atoms with Gasteiger partial charge in [0.1, 0.15) is 6.10 Å². The van der Waals surface area contributed by atoms with Crippen LogP contribution in [0.25, 0.3) is 0 Å². The fourth-order valence-electron chi connectivity index (χ4n) is 4.50. The number of nitrogens with zero attached hydrogens (tertiary/aromatic N) is 2. The first-order valence-corrected chi connectivity index (χ1v) is 10.1. The minimum absolute atomic E-state index is 0.0239.